The number of piperidine rings is 1. The first-order chi connectivity index (χ1) is 10.3. The highest BCUT2D eigenvalue weighted by molar-refractivity contribution is 5.49. The third kappa shape index (κ3) is 2.38. The lowest BCUT2D eigenvalue weighted by Gasteiger charge is -2.31. The molecule has 5 nitrogen and oxygen atoms in total. The zero-order chi connectivity index (χ0) is 14.2. The summed E-state index contributed by atoms with van der Waals surface area (Å²) in [5.74, 6) is 0.783. The number of imidazole rings is 1. The lowest BCUT2D eigenvalue weighted by molar-refractivity contribution is 0.255. The fraction of sp³-hybridized carbons (Fsp3) is 0.438. The number of aromatic nitrogens is 2. The van der Waals surface area contributed by atoms with E-state index in [0.29, 0.717) is 6.04 Å². The zero-order valence-electron chi connectivity index (χ0n) is 12.0. The molecule has 1 aromatic carbocycles. The van der Waals surface area contributed by atoms with Crippen LogP contribution in [-0.2, 0) is 0 Å². The lowest BCUT2D eigenvalue weighted by Crippen LogP contribution is -2.39. The second-order valence-electron chi connectivity index (χ2n) is 6.07. The number of anilines is 1. The first kappa shape index (κ1) is 12.7. The summed E-state index contributed by atoms with van der Waals surface area (Å²) in [6, 6.07) is 8.69. The maximum Gasteiger partial charge on any atom is 0.330 e. The van der Waals surface area contributed by atoms with Gasteiger partial charge in [-0.05, 0) is 49.6 Å². The van der Waals surface area contributed by atoms with E-state index in [1.807, 2.05) is 12.1 Å². The van der Waals surface area contributed by atoms with Crippen molar-refractivity contribution in [3.05, 3.63) is 47.1 Å². The third-order valence-electron chi connectivity index (χ3n) is 4.78. The molecule has 0 radical (unpaired) electrons. The Balaban J connectivity index is 1.49. The van der Waals surface area contributed by atoms with Gasteiger partial charge in [-0.2, -0.15) is 0 Å². The first-order valence-corrected chi connectivity index (χ1v) is 7.65. The molecule has 2 aliphatic heterocycles. The standard InChI is InChI=1S/C16H20N4O/c21-16-17-7-10-20(16)14-3-1-13(2-4-14)18-15-6-9-19-8-5-12(15)11-19/h1-4,7,10,12,15,18H,5-6,8-9,11H2,(H,17,21). The minimum atomic E-state index is -0.103. The van der Waals surface area contributed by atoms with Gasteiger partial charge in [-0.25, -0.2) is 4.79 Å². The number of benzene rings is 1. The number of fused-ring (bicyclic) bond motifs is 2. The van der Waals surface area contributed by atoms with Crippen LogP contribution < -0.4 is 11.0 Å². The molecule has 0 spiro atoms. The highest BCUT2D eigenvalue weighted by atomic mass is 16.1. The SMILES string of the molecule is O=c1[nH]ccn1-c1ccc(NC2CCN3CCC2C3)cc1. The summed E-state index contributed by atoms with van der Waals surface area (Å²) in [5.41, 5.74) is 1.93. The molecule has 0 aliphatic carbocycles. The van der Waals surface area contributed by atoms with Crippen LogP contribution in [0.25, 0.3) is 5.69 Å². The summed E-state index contributed by atoms with van der Waals surface area (Å²) < 4.78 is 1.61. The van der Waals surface area contributed by atoms with E-state index in [0.717, 1.165) is 17.3 Å². The molecule has 3 unspecified atom stereocenters. The van der Waals surface area contributed by atoms with Crippen molar-refractivity contribution in [2.24, 2.45) is 5.92 Å². The number of hydrogen-bond acceptors (Lipinski definition) is 3. The van der Waals surface area contributed by atoms with Crippen LogP contribution in [-0.4, -0.2) is 40.1 Å². The third-order valence-corrected chi connectivity index (χ3v) is 4.78. The molecule has 4 rings (SSSR count). The summed E-state index contributed by atoms with van der Waals surface area (Å²) >= 11 is 0. The average molecular weight is 284 g/mol. The molecule has 2 saturated heterocycles. The summed E-state index contributed by atoms with van der Waals surface area (Å²) in [7, 11) is 0. The van der Waals surface area contributed by atoms with Crippen molar-refractivity contribution < 1.29 is 0 Å². The molecule has 1 aromatic heterocycles. The number of nitrogens with one attached hydrogen (secondary N) is 2. The second-order valence-corrected chi connectivity index (χ2v) is 6.07. The highest BCUT2D eigenvalue weighted by Gasteiger charge is 2.33. The Morgan fingerprint density at radius 1 is 1.14 bits per heavy atom. The minimum Gasteiger partial charge on any atom is -0.382 e. The Bertz CT molecular complexity index is 672. The van der Waals surface area contributed by atoms with Crippen molar-refractivity contribution in [3.8, 4) is 5.69 Å². The molecule has 5 heteroatoms. The number of nitrogens with zero attached hydrogens (tertiary/aromatic N) is 2. The van der Waals surface area contributed by atoms with E-state index in [1.165, 1.54) is 32.5 Å². The van der Waals surface area contributed by atoms with Crippen LogP contribution in [0.5, 0.6) is 0 Å². The van der Waals surface area contributed by atoms with E-state index in [-0.39, 0.29) is 5.69 Å². The van der Waals surface area contributed by atoms with Gasteiger partial charge in [0.05, 0.1) is 5.69 Å². The van der Waals surface area contributed by atoms with E-state index < -0.39 is 0 Å². The van der Waals surface area contributed by atoms with Gasteiger partial charge in [0, 0.05) is 37.2 Å². The van der Waals surface area contributed by atoms with Crippen molar-refractivity contribution in [2.75, 3.05) is 25.0 Å². The average Bonchev–Trinajstić information content (AvgIpc) is 3.10. The lowest BCUT2D eigenvalue weighted by atomic mass is 9.94. The largest absolute Gasteiger partial charge is 0.382 e. The maximum atomic E-state index is 11.6. The molecule has 2 aliphatic rings. The Morgan fingerprint density at radius 3 is 2.71 bits per heavy atom. The molecule has 0 amide bonds. The van der Waals surface area contributed by atoms with E-state index in [1.54, 1.807) is 17.0 Å². The van der Waals surface area contributed by atoms with Crippen LogP contribution in [0.4, 0.5) is 5.69 Å². The van der Waals surface area contributed by atoms with Gasteiger partial charge in [-0.1, -0.05) is 0 Å². The summed E-state index contributed by atoms with van der Waals surface area (Å²) in [6.45, 7) is 3.72. The molecular formula is C16H20N4O. The predicted molar refractivity (Wildman–Crippen MR) is 83.0 cm³/mol. The van der Waals surface area contributed by atoms with Gasteiger partial charge in [0.1, 0.15) is 0 Å². The van der Waals surface area contributed by atoms with Gasteiger partial charge in [0.25, 0.3) is 0 Å². The number of rotatable bonds is 3. The van der Waals surface area contributed by atoms with Crippen molar-refractivity contribution >= 4 is 5.69 Å². The fourth-order valence-corrected chi connectivity index (χ4v) is 3.60. The monoisotopic (exact) mass is 284 g/mol. The smallest absolute Gasteiger partial charge is 0.330 e. The Kier molecular flexibility index (Phi) is 3.07. The molecule has 2 bridgehead atoms. The Morgan fingerprint density at radius 2 is 1.95 bits per heavy atom. The molecule has 21 heavy (non-hydrogen) atoms. The van der Waals surface area contributed by atoms with Crippen LogP contribution in [0.2, 0.25) is 0 Å². The van der Waals surface area contributed by atoms with E-state index in [4.69, 9.17) is 0 Å². The van der Waals surface area contributed by atoms with Crippen LogP contribution in [0.3, 0.4) is 0 Å². The maximum absolute atomic E-state index is 11.6. The van der Waals surface area contributed by atoms with Crippen molar-refractivity contribution in [3.63, 3.8) is 0 Å². The number of aromatic amines is 1. The Labute approximate surface area is 123 Å². The highest BCUT2D eigenvalue weighted by Crippen LogP contribution is 2.29. The molecule has 0 saturated carbocycles. The van der Waals surface area contributed by atoms with Crippen molar-refractivity contribution in [1.82, 2.24) is 14.5 Å². The van der Waals surface area contributed by atoms with Gasteiger partial charge < -0.3 is 15.2 Å². The van der Waals surface area contributed by atoms with Crippen LogP contribution in [0, 0.1) is 5.92 Å². The number of hydrogen-bond donors (Lipinski definition) is 2. The van der Waals surface area contributed by atoms with Gasteiger partial charge in [-0.3, -0.25) is 4.57 Å². The topological polar surface area (TPSA) is 53.1 Å². The van der Waals surface area contributed by atoms with E-state index >= 15 is 0 Å². The van der Waals surface area contributed by atoms with Gasteiger partial charge in [0.15, 0.2) is 0 Å². The van der Waals surface area contributed by atoms with Gasteiger partial charge in [0.2, 0.25) is 0 Å². The van der Waals surface area contributed by atoms with E-state index in [2.05, 4.69) is 27.3 Å². The van der Waals surface area contributed by atoms with Gasteiger partial charge >= 0.3 is 5.69 Å². The molecule has 2 aromatic rings. The summed E-state index contributed by atoms with van der Waals surface area (Å²) in [4.78, 5) is 16.8. The zero-order valence-corrected chi connectivity index (χ0v) is 12.0. The molecule has 110 valence electrons. The molecule has 3 atom stereocenters. The molecular weight excluding hydrogens is 264 g/mol. The normalized spacial score (nSPS) is 27.7. The number of H-pyrrole nitrogens is 1. The summed E-state index contributed by atoms with van der Waals surface area (Å²) in [6.07, 6.45) is 5.94. The second kappa shape index (κ2) is 5.07. The van der Waals surface area contributed by atoms with Crippen molar-refractivity contribution in [2.45, 2.75) is 18.9 Å². The quantitative estimate of drug-likeness (QED) is 0.901. The first-order valence-electron chi connectivity index (χ1n) is 7.65. The van der Waals surface area contributed by atoms with Gasteiger partial charge in [-0.15, -0.1) is 0 Å². The van der Waals surface area contributed by atoms with E-state index in [9.17, 15) is 4.79 Å². The minimum absolute atomic E-state index is 0.103. The van der Waals surface area contributed by atoms with Crippen LogP contribution >= 0.6 is 0 Å². The molecule has 3 heterocycles. The van der Waals surface area contributed by atoms with Crippen LogP contribution in [0.15, 0.2) is 41.5 Å². The predicted octanol–water partition coefficient (Wildman–Crippen LogP) is 1.67. The Hall–Kier alpha value is -2.01. The fourth-order valence-electron chi connectivity index (χ4n) is 3.60. The summed E-state index contributed by atoms with van der Waals surface area (Å²) in [5, 5.41) is 3.67. The molecule has 2 N–H and O–H groups in total. The van der Waals surface area contributed by atoms with Crippen LogP contribution in [0.1, 0.15) is 12.8 Å². The van der Waals surface area contributed by atoms with Crippen molar-refractivity contribution in [1.29, 1.82) is 0 Å². The molecule has 2 fully saturated rings.